The van der Waals surface area contributed by atoms with E-state index in [9.17, 15) is 9.59 Å². The molecular weight excluding hydrogens is 525 g/mol. The molecule has 5 rings (SSSR count). The fraction of sp³-hybridized carbons (Fsp3) is 0.355. The van der Waals surface area contributed by atoms with Gasteiger partial charge in [0.25, 0.3) is 0 Å². The Morgan fingerprint density at radius 1 is 0.925 bits per heavy atom. The van der Waals surface area contributed by atoms with Crippen molar-refractivity contribution in [3.8, 4) is 11.1 Å². The first-order valence-electron chi connectivity index (χ1n) is 13.5. The number of fused-ring (bicyclic) bond motifs is 3. The van der Waals surface area contributed by atoms with E-state index >= 15 is 0 Å². The molecule has 2 aromatic carbocycles. The molecule has 0 unspecified atom stereocenters. The maximum Gasteiger partial charge on any atom is 0.492 e. The smallest absolute Gasteiger partial charge is 0.462 e. The van der Waals surface area contributed by atoms with Gasteiger partial charge in [-0.05, 0) is 80.6 Å². The summed E-state index contributed by atoms with van der Waals surface area (Å²) in [5.41, 5.74) is 4.28. The van der Waals surface area contributed by atoms with Crippen molar-refractivity contribution in [1.82, 2.24) is 5.32 Å². The van der Waals surface area contributed by atoms with E-state index in [4.69, 9.17) is 18.8 Å². The highest BCUT2D eigenvalue weighted by Gasteiger charge is 2.52. The van der Waals surface area contributed by atoms with Crippen LogP contribution in [0.3, 0.4) is 0 Å². The van der Waals surface area contributed by atoms with Crippen LogP contribution in [0.1, 0.15) is 66.2 Å². The molecule has 1 aromatic heterocycles. The van der Waals surface area contributed by atoms with Crippen molar-refractivity contribution >= 4 is 36.6 Å². The number of thiophene rings is 1. The number of esters is 1. The van der Waals surface area contributed by atoms with Crippen LogP contribution in [0.15, 0.2) is 66.1 Å². The van der Waals surface area contributed by atoms with E-state index in [0.717, 1.165) is 16.0 Å². The Balaban J connectivity index is 1.29. The maximum absolute atomic E-state index is 12.9. The van der Waals surface area contributed by atoms with Crippen molar-refractivity contribution in [2.24, 2.45) is 0 Å². The van der Waals surface area contributed by atoms with E-state index in [-0.39, 0.29) is 25.0 Å². The SMILES string of the molecule is CCOC(=O)c1ccc(C=C(CNC(=O)OCC2c3ccccc3-c3ccccc32)B2OC(C)(C)C(C)(C)O2)s1. The largest absolute Gasteiger partial charge is 0.492 e. The molecule has 0 saturated carbocycles. The molecule has 9 heteroatoms. The first-order valence-corrected chi connectivity index (χ1v) is 14.3. The topological polar surface area (TPSA) is 83.1 Å². The third-order valence-electron chi connectivity index (χ3n) is 7.77. The van der Waals surface area contributed by atoms with Crippen molar-refractivity contribution in [3.63, 3.8) is 0 Å². The van der Waals surface area contributed by atoms with Crippen LogP contribution in [-0.2, 0) is 18.8 Å². The Morgan fingerprint density at radius 3 is 2.12 bits per heavy atom. The molecule has 2 aliphatic rings. The summed E-state index contributed by atoms with van der Waals surface area (Å²) in [6.45, 7) is 10.4. The molecule has 0 radical (unpaired) electrons. The Bertz CT molecular complexity index is 1380. The Hall–Kier alpha value is -3.40. The second-order valence-corrected chi connectivity index (χ2v) is 12.0. The molecular formula is C31H34BNO6S. The van der Waals surface area contributed by atoms with Crippen molar-refractivity contribution in [2.75, 3.05) is 19.8 Å². The number of rotatable bonds is 8. The molecule has 1 aliphatic heterocycles. The summed E-state index contributed by atoms with van der Waals surface area (Å²) in [4.78, 5) is 26.4. The number of alkyl carbamates (subject to hydrolysis) is 1. The zero-order valence-corrected chi connectivity index (χ0v) is 24.3. The number of carbonyl (C=O) groups is 2. The molecule has 1 amide bonds. The molecule has 3 aromatic rings. The van der Waals surface area contributed by atoms with E-state index in [2.05, 4.69) is 29.6 Å². The monoisotopic (exact) mass is 559 g/mol. The van der Waals surface area contributed by atoms with Gasteiger partial charge in [-0.15, -0.1) is 11.3 Å². The number of nitrogens with one attached hydrogen (secondary N) is 1. The number of benzene rings is 2. The molecule has 1 fully saturated rings. The lowest BCUT2D eigenvalue weighted by Gasteiger charge is -2.32. The van der Waals surface area contributed by atoms with Gasteiger partial charge >= 0.3 is 19.2 Å². The molecule has 2 heterocycles. The van der Waals surface area contributed by atoms with Crippen LogP contribution < -0.4 is 5.32 Å². The van der Waals surface area contributed by atoms with Gasteiger partial charge in [0.15, 0.2) is 0 Å². The lowest BCUT2D eigenvalue weighted by molar-refractivity contribution is 0.00578. The van der Waals surface area contributed by atoms with Gasteiger partial charge in [0.2, 0.25) is 0 Å². The zero-order chi connectivity index (χ0) is 28.5. The van der Waals surface area contributed by atoms with E-state index in [1.807, 2.05) is 64.1 Å². The van der Waals surface area contributed by atoms with Gasteiger partial charge in [-0.25, -0.2) is 9.59 Å². The molecule has 0 atom stereocenters. The van der Waals surface area contributed by atoms with Crippen LogP contribution in [0.5, 0.6) is 0 Å². The van der Waals surface area contributed by atoms with Gasteiger partial charge in [0.05, 0.1) is 17.8 Å². The van der Waals surface area contributed by atoms with Crippen LogP contribution in [0, 0.1) is 0 Å². The molecule has 208 valence electrons. The number of hydrogen-bond acceptors (Lipinski definition) is 7. The van der Waals surface area contributed by atoms with Crippen LogP contribution in [0.4, 0.5) is 4.79 Å². The Morgan fingerprint density at radius 2 is 1.52 bits per heavy atom. The Kier molecular flexibility index (Phi) is 7.90. The molecule has 0 bridgehead atoms. The van der Waals surface area contributed by atoms with Crippen molar-refractivity contribution in [2.45, 2.75) is 51.7 Å². The number of amides is 1. The van der Waals surface area contributed by atoms with E-state index < -0.39 is 24.4 Å². The number of carbonyl (C=O) groups excluding carboxylic acids is 2. The minimum atomic E-state index is -0.674. The van der Waals surface area contributed by atoms with E-state index in [1.54, 1.807) is 13.0 Å². The molecule has 1 saturated heterocycles. The van der Waals surface area contributed by atoms with E-state index in [0.29, 0.717) is 17.0 Å². The third-order valence-corrected chi connectivity index (χ3v) is 8.78. The second-order valence-electron chi connectivity index (χ2n) is 10.9. The molecule has 1 aliphatic carbocycles. The second kappa shape index (κ2) is 11.2. The highest BCUT2D eigenvalue weighted by atomic mass is 32.1. The average molecular weight is 559 g/mol. The minimum absolute atomic E-state index is 0.0244. The Labute approximate surface area is 239 Å². The third kappa shape index (κ3) is 5.59. The van der Waals surface area contributed by atoms with Gasteiger partial charge in [-0.3, -0.25) is 0 Å². The lowest BCUT2D eigenvalue weighted by Crippen LogP contribution is -2.41. The predicted octanol–water partition coefficient (Wildman–Crippen LogP) is 6.48. The molecule has 40 heavy (non-hydrogen) atoms. The zero-order valence-electron chi connectivity index (χ0n) is 23.5. The summed E-state index contributed by atoms with van der Waals surface area (Å²) >= 11 is 1.31. The average Bonchev–Trinajstić information content (AvgIpc) is 3.58. The maximum atomic E-state index is 12.9. The van der Waals surface area contributed by atoms with Gasteiger partial charge < -0.3 is 24.1 Å². The first kappa shape index (κ1) is 28.1. The summed E-state index contributed by atoms with van der Waals surface area (Å²) in [5, 5.41) is 2.88. The van der Waals surface area contributed by atoms with Crippen molar-refractivity contribution in [1.29, 1.82) is 0 Å². The van der Waals surface area contributed by atoms with Gasteiger partial charge in [0.1, 0.15) is 11.5 Å². The fourth-order valence-electron chi connectivity index (χ4n) is 4.95. The van der Waals surface area contributed by atoms with Crippen molar-refractivity contribution < 1.29 is 28.4 Å². The van der Waals surface area contributed by atoms with Crippen LogP contribution in [0.2, 0.25) is 0 Å². The van der Waals surface area contributed by atoms with E-state index in [1.165, 1.54) is 22.5 Å². The van der Waals surface area contributed by atoms with Gasteiger partial charge in [-0.1, -0.05) is 48.5 Å². The number of hydrogen-bond donors (Lipinski definition) is 1. The van der Waals surface area contributed by atoms with Crippen LogP contribution in [0.25, 0.3) is 17.2 Å². The summed E-state index contributed by atoms with van der Waals surface area (Å²) in [5.74, 6) is -0.384. The summed E-state index contributed by atoms with van der Waals surface area (Å²) in [6, 6.07) is 20.0. The molecule has 0 spiro atoms. The predicted molar refractivity (Wildman–Crippen MR) is 157 cm³/mol. The number of ether oxygens (including phenoxy) is 2. The molecule has 1 N–H and O–H groups in total. The lowest BCUT2D eigenvalue weighted by atomic mass is 9.77. The van der Waals surface area contributed by atoms with Crippen LogP contribution >= 0.6 is 11.3 Å². The first-order chi connectivity index (χ1) is 19.1. The highest BCUT2D eigenvalue weighted by Crippen LogP contribution is 2.44. The minimum Gasteiger partial charge on any atom is -0.462 e. The quantitative estimate of drug-likeness (QED) is 0.251. The van der Waals surface area contributed by atoms with Crippen molar-refractivity contribution in [3.05, 3.63) is 87.0 Å². The molecule has 7 nitrogen and oxygen atoms in total. The summed E-state index contributed by atoms with van der Waals surface area (Å²) in [6.07, 6.45) is 1.36. The fourth-order valence-corrected chi connectivity index (χ4v) is 5.82. The summed E-state index contributed by atoms with van der Waals surface area (Å²) < 4.78 is 23.4. The highest BCUT2D eigenvalue weighted by molar-refractivity contribution is 7.14. The van der Waals surface area contributed by atoms with Gasteiger partial charge in [-0.2, -0.15) is 0 Å². The standard InChI is InChI=1S/C31H34BNO6S/c1-6-36-28(34)27-16-15-21(40-27)17-20(32-38-30(2,3)31(4,5)39-32)18-33-29(35)37-19-26-24-13-9-7-11-22(24)23-12-8-10-14-25(23)26/h7-17,26H,6,18-19H2,1-5H3,(H,33,35). The summed E-state index contributed by atoms with van der Waals surface area (Å²) in [7, 11) is -0.674. The van der Waals surface area contributed by atoms with Crippen LogP contribution in [-0.4, -0.2) is 50.1 Å². The van der Waals surface area contributed by atoms with Gasteiger partial charge in [0, 0.05) is 17.3 Å². The normalized spacial score (nSPS) is 17.3.